The normalized spacial score (nSPS) is 12.3. The van der Waals surface area contributed by atoms with Gasteiger partial charge in [0.25, 0.3) is 0 Å². The van der Waals surface area contributed by atoms with Crippen LogP contribution in [0.5, 0.6) is 0 Å². The van der Waals surface area contributed by atoms with E-state index in [2.05, 4.69) is 55.5 Å². The standard InChI is InChI=1S/C20H20BrCl2N3S/c21-14-2-5-16(6-3-14)27-11-1-8-24-19(13-20-25-9-10-26-20)17-7-4-15(22)12-18(17)23/h2-7,9-10,12,19,24H,1,8,11,13H2,(H,25,26). The highest BCUT2D eigenvalue weighted by atomic mass is 79.9. The van der Waals surface area contributed by atoms with E-state index in [4.69, 9.17) is 23.2 Å². The van der Waals surface area contributed by atoms with Gasteiger partial charge in [0.15, 0.2) is 0 Å². The predicted octanol–water partition coefficient (Wildman–Crippen LogP) is 6.53. The summed E-state index contributed by atoms with van der Waals surface area (Å²) in [4.78, 5) is 8.80. The number of H-pyrrole nitrogens is 1. The Labute approximate surface area is 182 Å². The molecule has 0 radical (unpaired) electrons. The van der Waals surface area contributed by atoms with Gasteiger partial charge in [-0.2, -0.15) is 0 Å². The molecule has 0 aliphatic rings. The molecule has 0 spiro atoms. The molecule has 142 valence electrons. The van der Waals surface area contributed by atoms with Crippen LogP contribution in [-0.4, -0.2) is 22.3 Å². The lowest BCUT2D eigenvalue weighted by molar-refractivity contribution is 0.521. The van der Waals surface area contributed by atoms with Crippen molar-refractivity contribution in [3.63, 3.8) is 0 Å². The summed E-state index contributed by atoms with van der Waals surface area (Å²) in [5.41, 5.74) is 1.04. The van der Waals surface area contributed by atoms with Crippen molar-refractivity contribution in [3.8, 4) is 0 Å². The predicted molar refractivity (Wildman–Crippen MR) is 119 cm³/mol. The second-order valence-electron chi connectivity index (χ2n) is 6.07. The molecule has 0 saturated carbocycles. The molecule has 1 aromatic heterocycles. The monoisotopic (exact) mass is 483 g/mol. The first-order valence-electron chi connectivity index (χ1n) is 8.67. The first kappa shape index (κ1) is 20.7. The van der Waals surface area contributed by atoms with Gasteiger partial charge in [0, 0.05) is 44.3 Å². The van der Waals surface area contributed by atoms with Crippen LogP contribution in [0.1, 0.15) is 23.9 Å². The maximum Gasteiger partial charge on any atom is 0.107 e. The van der Waals surface area contributed by atoms with Crippen molar-refractivity contribution < 1.29 is 0 Å². The molecule has 0 saturated heterocycles. The second-order valence-corrected chi connectivity index (χ2v) is 9.00. The Morgan fingerprint density at radius 3 is 2.67 bits per heavy atom. The largest absolute Gasteiger partial charge is 0.349 e. The molecule has 0 bridgehead atoms. The number of hydrogen-bond donors (Lipinski definition) is 2. The van der Waals surface area contributed by atoms with Crippen LogP contribution < -0.4 is 5.32 Å². The molecule has 1 unspecified atom stereocenters. The number of rotatable bonds is 9. The fourth-order valence-electron chi connectivity index (χ4n) is 2.75. The minimum absolute atomic E-state index is 0.0820. The van der Waals surface area contributed by atoms with Crippen LogP contribution in [-0.2, 0) is 6.42 Å². The molecule has 3 aromatic rings. The number of hydrogen-bond acceptors (Lipinski definition) is 3. The van der Waals surface area contributed by atoms with Gasteiger partial charge in [-0.1, -0.05) is 45.2 Å². The summed E-state index contributed by atoms with van der Waals surface area (Å²) in [6.07, 6.45) is 5.41. The molecular formula is C20H20BrCl2N3S. The summed E-state index contributed by atoms with van der Waals surface area (Å²) >= 11 is 17.8. The van der Waals surface area contributed by atoms with E-state index in [0.717, 1.165) is 41.0 Å². The average molecular weight is 485 g/mol. The number of nitrogens with zero attached hydrogens (tertiary/aromatic N) is 1. The number of nitrogens with one attached hydrogen (secondary N) is 2. The van der Waals surface area contributed by atoms with E-state index in [1.54, 1.807) is 12.3 Å². The lowest BCUT2D eigenvalue weighted by Crippen LogP contribution is -2.25. The van der Waals surface area contributed by atoms with Crippen LogP contribution in [0.3, 0.4) is 0 Å². The van der Waals surface area contributed by atoms with Crippen molar-refractivity contribution in [2.45, 2.75) is 23.8 Å². The van der Waals surface area contributed by atoms with Gasteiger partial charge in [-0.15, -0.1) is 11.8 Å². The number of imidazole rings is 1. The molecule has 0 aliphatic carbocycles. The van der Waals surface area contributed by atoms with Gasteiger partial charge in [-0.25, -0.2) is 4.98 Å². The Bertz CT molecular complexity index is 841. The van der Waals surface area contributed by atoms with Crippen molar-refractivity contribution in [2.24, 2.45) is 0 Å². The molecule has 2 N–H and O–H groups in total. The van der Waals surface area contributed by atoms with E-state index in [1.165, 1.54) is 4.90 Å². The summed E-state index contributed by atoms with van der Waals surface area (Å²) in [6.45, 7) is 0.897. The van der Waals surface area contributed by atoms with E-state index in [-0.39, 0.29) is 6.04 Å². The van der Waals surface area contributed by atoms with Crippen molar-refractivity contribution >= 4 is 50.9 Å². The Kier molecular flexibility index (Phi) is 8.09. The maximum absolute atomic E-state index is 6.43. The average Bonchev–Trinajstić information content (AvgIpc) is 3.15. The Morgan fingerprint density at radius 2 is 1.96 bits per heavy atom. The van der Waals surface area contributed by atoms with Gasteiger partial charge in [-0.05, 0) is 60.7 Å². The summed E-state index contributed by atoms with van der Waals surface area (Å²) in [5.74, 6) is 1.99. The van der Waals surface area contributed by atoms with E-state index >= 15 is 0 Å². The summed E-state index contributed by atoms with van der Waals surface area (Å²) in [7, 11) is 0. The summed E-state index contributed by atoms with van der Waals surface area (Å²) < 4.78 is 1.11. The first-order chi connectivity index (χ1) is 13.1. The molecule has 1 atom stereocenters. The van der Waals surface area contributed by atoms with Crippen molar-refractivity contribution in [3.05, 3.63) is 80.8 Å². The maximum atomic E-state index is 6.43. The van der Waals surface area contributed by atoms with E-state index in [0.29, 0.717) is 10.0 Å². The van der Waals surface area contributed by atoms with Gasteiger partial charge in [0.2, 0.25) is 0 Å². The third-order valence-corrected chi connectivity index (χ3v) is 6.27. The number of aromatic amines is 1. The topological polar surface area (TPSA) is 40.7 Å². The van der Waals surface area contributed by atoms with Crippen molar-refractivity contribution in [2.75, 3.05) is 12.3 Å². The number of benzene rings is 2. The molecule has 3 nitrogen and oxygen atoms in total. The second kappa shape index (κ2) is 10.5. The van der Waals surface area contributed by atoms with Crippen molar-refractivity contribution in [1.82, 2.24) is 15.3 Å². The molecular weight excluding hydrogens is 465 g/mol. The molecule has 1 heterocycles. The minimum Gasteiger partial charge on any atom is -0.349 e. The lowest BCUT2D eigenvalue weighted by Gasteiger charge is -2.20. The molecule has 7 heteroatoms. The van der Waals surface area contributed by atoms with E-state index in [9.17, 15) is 0 Å². The van der Waals surface area contributed by atoms with Gasteiger partial charge in [0.1, 0.15) is 5.82 Å². The fourth-order valence-corrected chi connectivity index (χ4v) is 4.41. The molecule has 3 rings (SSSR count). The number of halogens is 3. The van der Waals surface area contributed by atoms with E-state index < -0.39 is 0 Å². The van der Waals surface area contributed by atoms with Crippen LogP contribution >= 0.6 is 50.9 Å². The third kappa shape index (κ3) is 6.54. The smallest absolute Gasteiger partial charge is 0.107 e. The van der Waals surface area contributed by atoms with Crippen LogP contribution in [0.25, 0.3) is 0 Å². The van der Waals surface area contributed by atoms with Gasteiger partial charge in [-0.3, -0.25) is 0 Å². The van der Waals surface area contributed by atoms with Gasteiger partial charge < -0.3 is 10.3 Å². The molecule has 0 amide bonds. The SMILES string of the molecule is Clc1ccc(C(Cc2ncc[nH]2)NCCCSc2ccc(Br)cc2)c(Cl)c1. The number of aromatic nitrogens is 2. The molecule has 27 heavy (non-hydrogen) atoms. The van der Waals surface area contributed by atoms with Crippen molar-refractivity contribution in [1.29, 1.82) is 0 Å². The third-order valence-electron chi connectivity index (χ3n) is 4.08. The highest BCUT2D eigenvalue weighted by Gasteiger charge is 2.16. The quantitative estimate of drug-likeness (QED) is 0.267. The summed E-state index contributed by atoms with van der Waals surface area (Å²) in [6, 6.07) is 14.2. The Morgan fingerprint density at radius 1 is 1.15 bits per heavy atom. The molecule has 2 aromatic carbocycles. The van der Waals surface area contributed by atoms with Gasteiger partial charge in [0.05, 0.1) is 0 Å². The fraction of sp³-hybridized carbons (Fsp3) is 0.250. The van der Waals surface area contributed by atoms with Crippen LogP contribution in [0.2, 0.25) is 10.0 Å². The lowest BCUT2D eigenvalue weighted by atomic mass is 10.0. The zero-order valence-corrected chi connectivity index (χ0v) is 18.5. The summed E-state index contributed by atoms with van der Waals surface area (Å²) in [5, 5.41) is 4.94. The Hall–Kier alpha value is -0.980. The van der Waals surface area contributed by atoms with E-state index in [1.807, 2.05) is 30.1 Å². The van der Waals surface area contributed by atoms with Crippen LogP contribution in [0, 0.1) is 0 Å². The zero-order chi connectivity index (χ0) is 19.1. The molecule has 0 aliphatic heterocycles. The van der Waals surface area contributed by atoms with Crippen LogP contribution in [0.4, 0.5) is 0 Å². The first-order valence-corrected chi connectivity index (χ1v) is 11.2. The number of thioether (sulfide) groups is 1. The minimum atomic E-state index is 0.0820. The highest BCUT2D eigenvalue weighted by Crippen LogP contribution is 2.28. The highest BCUT2D eigenvalue weighted by molar-refractivity contribution is 9.10. The zero-order valence-electron chi connectivity index (χ0n) is 14.6. The Balaban J connectivity index is 1.55. The molecule has 0 fully saturated rings. The van der Waals surface area contributed by atoms with Crippen LogP contribution in [0.15, 0.2) is 64.2 Å². The van der Waals surface area contributed by atoms with Gasteiger partial charge >= 0.3 is 0 Å².